The molecule has 0 radical (unpaired) electrons. The van der Waals surface area contributed by atoms with E-state index in [-0.39, 0.29) is 9.37 Å². The Morgan fingerprint density at radius 3 is 2.35 bits per heavy atom. The van der Waals surface area contributed by atoms with Crippen LogP contribution in [0.5, 0.6) is 0 Å². The van der Waals surface area contributed by atoms with E-state index in [0.29, 0.717) is 5.56 Å². The predicted molar refractivity (Wildman–Crippen MR) is 76.9 cm³/mol. The molecule has 20 heavy (non-hydrogen) atoms. The van der Waals surface area contributed by atoms with Crippen molar-refractivity contribution < 1.29 is 17.6 Å². The van der Waals surface area contributed by atoms with Crippen molar-refractivity contribution in [1.82, 2.24) is 0 Å². The summed E-state index contributed by atoms with van der Waals surface area (Å²) in [4.78, 5) is 11.7. The van der Waals surface area contributed by atoms with E-state index in [0.717, 1.165) is 6.07 Å². The van der Waals surface area contributed by atoms with Crippen LogP contribution in [0.1, 0.15) is 10.4 Å². The lowest BCUT2D eigenvalue weighted by molar-refractivity contribution is 0.102. The van der Waals surface area contributed by atoms with Crippen LogP contribution in [0, 0.1) is 5.82 Å². The average molecular weight is 357 g/mol. The van der Waals surface area contributed by atoms with E-state index in [1.165, 1.54) is 12.1 Å². The van der Waals surface area contributed by atoms with E-state index < -0.39 is 27.2 Å². The van der Waals surface area contributed by atoms with E-state index in [2.05, 4.69) is 15.9 Å². The number of sulfone groups is 1. The van der Waals surface area contributed by atoms with E-state index in [1.54, 1.807) is 30.3 Å². The lowest BCUT2D eigenvalue weighted by Gasteiger charge is -2.05. The Balaban J connectivity index is 2.27. The molecule has 0 aliphatic carbocycles. The summed E-state index contributed by atoms with van der Waals surface area (Å²) in [7, 11) is -3.86. The molecule has 0 saturated carbocycles. The van der Waals surface area contributed by atoms with E-state index in [1.807, 2.05) is 0 Å². The molecule has 0 aliphatic rings. The van der Waals surface area contributed by atoms with Crippen LogP contribution in [0.2, 0.25) is 0 Å². The molecule has 0 N–H and O–H groups in total. The monoisotopic (exact) mass is 356 g/mol. The molecule has 6 heteroatoms. The van der Waals surface area contributed by atoms with Crippen molar-refractivity contribution in [3.8, 4) is 0 Å². The second-order valence-corrected chi connectivity index (χ2v) is 6.97. The third-order valence-electron chi connectivity index (χ3n) is 2.67. The summed E-state index contributed by atoms with van der Waals surface area (Å²) in [6, 6.07) is 11.6. The van der Waals surface area contributed by atoms with Crippen LogP contribution in [0.25, 0.3) is 0 Å². The number of hydrogen-bond donors (Lipinski definition) is 0. The minimum Gasteiger partial charge on any atom is -0.293 e. The highest BCUT2D eigenvalue weighted by Crippen LogP contribution is 2.20. The van der Waals surface area contributed by atoms with Gasteiger partial charge in [0.2, 0.25) is 0 Å². The maximum atomic E-state index is 13.4. The molecule has 0 unspecified atom stereocenters. The highest BCUT2D eigenvalue weighted by molar-refractivity contribution is 9.10. The van der Waals surface area contributed by atoms with Gasteiger partial charge in [0.15, 0.2) is 15.6 Å². The highest BCUT2D eigenvalue weighted by Gasteiger charge is 2.21. The topological polar surface area (TPSA) is 51.2 Å². The molecular formula is C14H10BrFO3S. The molecule has 2 aromatic rings. The zero-order valence-corrected chi connectivity index (χ0v) is 12.6. The normalized spacial score (nSPS) is 11.3. The van der Waals surface area contributed by atoms with Gasteiger partial charge in [-0.3, -0.25) is 4.79 Å². The number of benzene rings is 2. The van der Waals surface area contributed by atoms with Crippen molar-refractivity contribution in [3.05, 3.63) is 64.4 Å². The number of rotatable bonds is 4. The minimum absolute atomic E-state index is 0.172. The van der Waals surface area contributed by atoms with Crippen molar-refractivity contribution in [1.29, 1.82) is 0 Å². The number of Topliss-reactive ketones (excluding diaryl/α,β-unsaturated/α-hetero) is 1. The Bertz CT molecular complexity index is 742. The van der Waals surface area contributed by atoms with Crippen molar-refractivity contribution in [2.75, 3.05) is 5.75 Å². The Morgan fingerprint density at radius 2 is 1.75 bits per heavy atom. The predicted octanol–water partition coefficient (Wildman–Crippen LogP) is 3.24. The van der Waals surface area contributed by atoms with Crippen molar-refractivity contribution in [3.63, 3.8) is 0 Å². The molecule has 0 aromatic heterocycles. The number of hydrogen-bond acceptors (Lipinski definition) is 3. The van der Waals surface area contributed by atoms with Gasteiger partial charge >= 0.3 is 0 Å². The van der Waals surface area contributed by atoms with E-state index in [9.17, 15) is 17.6 Å². The minimum atomic E-state index is -3.86. The number of carbonyl (C=O) groups excluding carboxylic acids is 1. The van der Waals surface area contributed by atoms with Gasteiger partial charge in [0, 0.05) is 5.56 Å². The SMILES string of the molecule is O=C(CS(=O)(=O)c1ccc(Br)c(F)c1)c1ccccc1. The molecule has 0 fully saturated rings. The summed E-state index contributed by atoms with van der Waals surface area (Å²) in [5.74, 6) is -1.88. The third kappa shape index (κ3) is 3.32. The molecule has 2 rings (SSSR count). The molecule has 104 valence electrons. The quantitative estimate of drug-likeness (QED) is 0.790. The van der Waals surface area contributed by atoms with Crippen LogP contribution in [0.3, 0.4) is 0 Å². The van der Waals surface area contributed by atoms with Crippen LogP contribution < -0.4 is 0 Å². The van der Waals surface area contributed by atoms with Gasteiger partial charge in [-0.1, -0.05) is 30.3 Å². The Kier molecular flexibility index (Phi) is 4.35. The first-order chi connectivity index (χ1) is 9.40. The molecule has 0 heterocycles. The lowest BCUT2D eigenvalue weighted by Crippen LogP contribution is -2.16. The number of carbonyl (C=O) groups is 1. The maximum Gasteiger partial charge on any atom is 0.185 e. The average Bonchev–Trinajstić information content (AvgIpc) is 2.42. The second-order valence-electron chi connectivity index (χ2n) is 4.12. The Hall–Kier alpha value is -1.53. The van der Waals surface area contributed by atoms with Crippen molar-refractivity contribution in [2.24, 2.45) is 0 Å². The smallest absolute Gasteiger partial charge is 0.185 e. The Labute approximate surface area is 124 Å². The first-order valence-corrected chi connectivity index (χ1v) is 8.11. The zero-order valence-electron chi connectivity index (χ0n) is 10.2. The van der Waals surface area contributed by atoms with Gasteiger partial charge in [0.1, 0.15) is 11.6 Å². The van der Waals surface area contributed by atoms with Crippen LogP contribution in [0.4, 0.5) is 4.39 Å². The largest absolute Gasteiger partial charge is 0.293 e. The summed E-state index contributed by atoms with van der Waals surface area (Å²) in [5, 5.41) is 0. The molecule has 0 aliphatic heterocycles. The molecule has 0 bridgehead atoms. The lowest BCUT2D eigenvalue weighted by atomic mass is 10.2. The highest BCUT2D eigenvalue weighted by atomic mass is 79.9. The van der Waals surface area contributed by atoms with Crippen LogP contribution in [-0.4, -0.2) is 20.0 Å². The van der Waals surface area contributed by atoms with E-state index in [4.69, 9.17) is 0 Å². The fourth-order valence-electron chi connectivity index (χ4n) is 1.63. The molecule has 3 nitrogen and oxygen atoms in total. The molecular weight excluding hydrogens is 347 g/mol. The summed E-state index contributed by atoms with van der Waals surface area (Å²) in [6.07, 6.45) is 0. The summed E-state index contributed by atoms with van der Waals surface area (Å²) in [6.45, 7) is 0. The van der Waals surface area contributed by atoms with Gasteiger partial charge < -0.3 is 0 Å². The van der Waals surface area contributed by atoms with Crippen LogP contribution >= 0.6 is 15.9 Å². The van der Waals surface area contributed by atoms with Gasteiger partial charge in [0.05, 0.1) is 9.37 Å². The van der Waals surface area contributed by atoms with E-state index >= 15 is 0 Å². The first-order valence-electron chi connectivity index (χ1n) is 5.66. The van der Waals surface area contributed by atoms with Crippen LogP contribution in [-0.2, 0) is 9.84 Å². The summed E-state index contributed by atoms with van der Waals surface area (Å²) in [5.41, 5.74) is 0.314. The van der Waals surface area contributed by atoms with Crippen LogP contribution in [0.15, 0.2) is 57.9 Å². The molecule has 0 atom stereocenters. The number of ketones is 1. The van der Waals surface area contributed by atoms with Crippen molar-refractivity contribution >= 4 is 31.6 Å². The standard InChI is InChI=1S/C14H10BrFO3S/c15-12-7-6-11(8-13(12)16)20(18,19)9-14(17)10-4-2-1-3-5-10/h1-8H,9H2. The number of halogens is 2. The second kappa shape index (κ2) is 5.85. The van der Waals surface area contributed by atoms with Gasteiger partial charge in [-0.2, -0.15) is 0 Å². The van der Waals surface area contributed by atoms with Gasteiger partial charge in [-0.05, 0) is 34.1 Å². The van der Waals surface area contributed by atoms with Gasteiger partial charge in [-0.25, -0.2) is 12.8 Å². The van der Waals surface area contributed by atoms with Gasteiger partial charge in [0.25, 0.3) is 0 Å². The van der Waals surface area contributed by atoms with Gasteiger partial charge in [-0.15, -0.1) is 0 Å². The summed E-state index contributed by atoms with van der Waals surface area (Å²) < 4.78 is 37.7. The zero-order chi connectivity index (χ0) is 14.8. The molecule has 2 aromatic carbocycles. The third-order valence-corrected chi connectivity index (χ3v) is 4.92. The fraction of sp³-hybridized carbons (Fsp3) is 0.0714. The molecule has 0 spiro atoms. The maximum absolute atomic E-state index is 13.4. The van der Waals surface area contributed by atoms with Crippen molar-refractivity contribution in [2.45, 2.75) is 4.90 Å². The fourth-order valence-corrected chi connectivity index (χ4v) is 3.12. The molecule has 0 saturated heterocycles. The summed E-state index contributed by atoms with van der Waals surface area (Å²) >= 11 is 2.95. The molecule has 0 amide bonds. The first kappa shape index (κ1) is 14.9. The Morgan fingerprint density at radius 1 is 1.10 bits per heavy atom.